The normalized spacial score (nSPS) is 10.7. The number of phenols is 2. The quantitative estimate of drug-likeness (QED) is 0.204. The van der Waals surface area contributed by atoms with Crippen molar-refractivity contribution in [1.82, 2.24) is 19.1 Å². The van der Waals surface area contributed by atoms with E-state index in [1.54, 1.807) is 33.4 Å². The summed E-state index contributed by atoms with van der Waals surface area (Å²) in [4.78, 5) is 31.5. The fourth-order valence-corrected chi connectivity index (χ4v) is 5.91. The van der Waals surface area contributed by atoms with Crippen molar-refractivity contribution in [1.29, 1.82) is 0 Å². The van der Waals surface area contributed by atoms with Crippen LogP contribution < -0.4 is 69.3 Å². The molecule has 0 aliphatic rings. The molecule has 0 bridgehead atoms. The van der Waals surface area contributed by atoms with Gasteiger partial charge in [0, 0.05) is 11.1 Å². The summed E-state index contributed by atoms with van der Waals surface area (Å²) in [6.07, 6.45) is 0. The van der Waals surface area contributed by atoms with Crippen LogP contribution in [0.2, 0.25) is 0 Å². The summed E-state index contributed by atoms with van der Waals surface area (Å²) in [7, 11) is 0. The summed E-state index contributed by atoms with van der Waals surface area (Å²) in [6, 6.07) is 36.4. The molecule has 6 aromatic carbocycles. The number of hydrogen-bond donors (Lipinski definition) is 2. The largest absolute Gasteiger partial charge is 1.00 e. The van der Waals surface area contributed by atoms with Crippen LogP contribution >= 0.6 is 0 Å². The second-order valence-electron chi connectivity index (χ2n) is 11.3. The third-order valence-electron chi connectivity index (χ3n) is 8.05. The zero-order chi connectivity index (χ0) is 33.4. The number of carbonyl (C=O) groups is 2. The standard InChI is InChI=1S/2C19H14N2O3.2Na/c2*22-15-8-7-12-9-14(6-5-13(12)10-15)19-20-16-3-1-2-4-17(16)21(19)11-18(23)24;;/h2*1-10,22H,11H2,(H,23,24);;/q;;2*+1/p-2. The minimum Gasteiger partial charge on any atom is -0.548 e. The molecule has 0 amide bonds. The fourth-order valence-electron chi connectivity index (χ4n) is 5.91. The molecule has 0 radical (unpaired) electrons. The molecule has 12 heteroatoms. The number of aromatic nitrogens is 4. The molecule has 8 aromatic rings. The van der Waals surface area contributed by atoms with Gasteiger partial charge in [-0.25, -0.2) is 9.97 Å². The number of fused-ring (bicyclic) bond motifs is 4. The third kappa shape index (κ3) is 7.56. The Balaban J connectivity index is 0.000000187. The molecule has 2 heterocycles. The smallest absolute Gasteiger partial charge is 0.548 e. The van der Waals surface area contributed by atoms with Crippen LogP contribution in [0.3, 0.4) is 0 Å². The summed E-state index contributed by atoms with van der Waals surface area (Å²) >= 11 is 0. The summed E-state index contributed by atoms with van der Waals surface area (Å²) in [6.45, 7) is -0.521. The van der Waals surface area contributed by atoms with E-state index in [1.807, 2.05) is 97.1 Å². The number of carboxylic acid groups (broad SMARTS) is 2. The average molecular weight is 681 g/mol. The number of aromatic hydroxyl groups is 2. The number of carbonyl (C=O) groups excluding carboxylic acids is 2. The first kappa shape index (κ1) is 36.6. The Labute approximate surface area is 329 Å². The van der Waals surface area contributed by atoms with Crippen molar-refractivity contribution in [2.24, 2.45) is 0 Å². The van der Waals surface area contributed by atoms with E-state index in [-0.39, 0.29) is 83.7 Å². The third-order valence-corrected chi connectivity index (χ3v) is 8.05. The second-order valence-corrected chi connectivity index (χ2v) is 11.3. The molecule has 2 aromatic heterocycles. The Hall–Kier alpha value is -4.68. The van der Waals surface area contributed by atoms with Gasteiger partial charge in [-0.05, 0) is 82.2 Å². The van der Waals surface area contributed by atoms with Gasteiger partial charge in [0.15, 0.2) is 0 Å². The molecular weight excluding hydrogens is 654 g/mol. The molecule has 10 nitrogen and oxygen atoms in total. The van der Waals surface area contributed by atoms with Crippen LogP contribution in [0.15, 0.2) is 121 Å². The summed E-state index contributed by atoms with van der Waals surface area (Å²) < 4.78 is 3.29. The van der Waals surface area contributed by atoms with Gasteiger partial charge >= 0.3 is 59.1 Å². The van der Waals surface area contributed by atoms with Gasteiger partial charge in [-0.2, -0.15) is 0 Å². The maximum absolute atomic E-state index is 11.2. The Morgan fingerprint density at radius 1 is 0.520 bits per heavy atom. The van der Waals surface area contributed by atoms with Gasteiger partial charge in [-0.3, -0.25) is 0 Å². The van der Waals surface area contributed by atoms with Crippen LogP contribution in [0.5, 0.6) is 11.5 Å². The van der Waals surface area contributed by atoms with Gasteiger partial charge in [0.25, 0.3) is 0 Å². The van der Waals surface area contributed by atoms with Crippen molar-refractivity contribution in [2.75, 3.05) is 0 Å². The Morgan fingerprint density at radius 2 is 0.880 bits per heavy atom. The van der Waals surface area contributed by atoms with Gasteiger partial charge in [0.05, 0.1) is 47.1 Å². The molecule has 50 heavy (non-hydrogen) atoms. The van der Waals surface area contributed by atoms with Crippen molar-refractivity contribution < 1.29 is 89.1 Å². The first-order valence-electron chi connectivity index (χ1n) is 15.0. The van der Waals surface area contributed by atoms with Gasteiger partial charge in [0.1, 0.15) is 23.1 Å². The van der Waals surface area contributed by atoms with E-state index in [9.17, 15) is 30.0 Å². The number of phenolic OH excluding ortho intramolecular Hbond substituents is 2. The molecule has 0 unspecified atom stereocenters. The summed E-state index contributed by atoms with van der Waals surface area (Å²) in [5, 5.41) is 45.1. The van der Waals surface area contributed by atoms with Crippen LogP contribution in [0.1, 0.15) is 0 Å². The van der Waals surface area contributed by atoms with E-state index >= 15 is 0 Å². The van der Waals surface area contributed by atoms with Crippen molar-refractivity contribution in [3.63, 3.8) is 0 Å². The van der Waals surface area contributed by atoms with Crippen LogP contribution in [0, 0.1) is 0 Å². The van der Waals surface area contributed by atoms with Gasteiger partial charge < -0.3 is 39.1 Å². The van der Waals surface area contributed by atoms with Gasteiger partial charge in [-0.1, -0.05) is 60.7 Å². The molecule has 0 fully saturated rings. The summed E-state index contributed by atoms with van der Waals surface area (Å²) in [5.41, 5.74) is 4.60. The number of aliphatic carboxylic acids is 2. The van der Waals surface area contributed by atoms with Crippen molar-refractivity contribution >= 4 is 55.6 Å². The van der Waals surface area contributed by atoms with E-state index in [2.05, 4.69) is 9.97 Å². The molecule has 0 saturated carbocycles. The summed E-state index contributed by atoms with van der Waals surface area (Å²) in [5.74, 6) is -0.750. The minimum absolute atomic E-state index is 0. The maximum Gasteiger partial charge on any atom is 1.00 e. The number of carboxylic acids is 2. The van der Waals surface area contributed by atoms with Crippen LogP contribution in [-0.4, -0.2) is 41.3 Å². The zero-order valence-corrected chi connectivity index (χ0v) is 31.3. The maximum atomic E-state index is 11.2. The molecule has 236 valence electrons. The molecule has 0 aliphatic heterocycles. The van der Waals surface area contributed by atoms with Crippen molar-refractivity contribution in [3.8, 4) is 34.3 Å². The number of para-hydroxylation sites is 4. The molecule has 8 rings (SSSR count). The number of hydrogen-bond acceptors (Lipinski definition) is 8. The van der Waals surface area contributed by atoms with E-state index in [0.717, 1.165) is 54.7 Å². The molecule has 0 aliphatic carbocycles. The molecule has 0 saturated heterocycles. The Kier molecular flexibility index (Phi) is 11.3. The zero-order valence-electron chi connectivity index (χ0n) is 27.3. The SMILES string of the molecule is O=C([O-])Cn1c(-c2ccc3cc(O)ccc3c2)nc2ccccc21.O=C([O-])Cn1c(-c2ccc3cc(O)ccc3c2)nc2ccccc21.[Na+].[Na+]. The topological polar surface area (TPSA) is 156 Å². The van der Waals surface area contributed by atoms with Crippen molar-refractivity contribution in [2.45, 2.75) is 13.1 Å². The molecule has 2 N–H and O–H groups in total. The number of benzene rings is 6. The fraction of sp³-hybridized carbons (Fsp3) is 0.0526. The Morgan fingerprint density at radius 3 is 1.28 bits per heavy atom. The van der Waals surface area contributed by atoms with Gasteiger partial charge in [-0.15, -0.1) is 0 Å². The predicted octanol–water partition coefficient (Wildman–Crippen LogP) is -1.37. The average Bonchev–Trinajstić information content (AvgIpc) is 3.62. The van der Waals surface area contributed by atoms with E-state index in [0.29, 0.717) is 11.6 Å². The van der Waals surface area contributed by atoms with E-state index in [1.165, 1.54) is 0 Å². The minimum atomic E-state index is -1.16. The Bertz CT molecular complexity index is 2350. The molecule has 0 spiro atoms. The van der Waals surface area contributed by atoms with Crippen molar-refractivity contribution in [3.05, 3.63) is 121 Å². The van der Waals surface area contributed by atoms with E-state index < -0.39 is 11.9 Å². The number of imidazole rings is 2. The number of nitrogens with zero attached hydrogens (tertiary/aromatic N) is 4. The molecular formula is C38H26N4Na2O6. The van der Waals surface area contributed by atoms with Gasteiger partial charge in [0.2, 0.25) is 0 Å². The monoisotopic (exact) mass is 680 g/mol. The predicted molar refractivity (Wildman–Crippen MR) is 179 cm³/mol. The first-order chi connectivity index (χ1) is 23.2. The molecule has 0 atom stereocenters. The van der Waals surface area contributed by atoms with Crippen LogP contribution in [0.25, 0.3) is 66.4 Å². The van der Waals surface area contributed by atoms with Crippen LogP contribution in [-0.2, 0) is 22.7 Å². The van der Waals surface area contributed by atoms with Crippen LogP contribution in [0.4, 0.5) is 0 Å². The first-order valence-corrected chi connectivity index (χ1v) is 15.0. The van der Waals surface area contributed by atoms with E-state index in [4.69, 9.17) is 0 Å². The second kappa shape index (κ2) is 15.5. The number of rotatable bonds is 6.